The summed E-state index contributed by atoms with van der Waals surface area (Å²) in [6.07, 6.45) is 1.21. The summed E-state index contributed by atoms with van der Waals surface area (Å²) < 4.78 is 0. The van der Waals surface area contributed by atoms with Crippen LogP contribution >= 0.6 is 0 Å². The summed E-state index contributed by atoms with van der Waals surface area (Å²) in [7, 11) is 0. The van der Waals surface area contributed by atoms with Gasteiger partial charge in [-0.2, -0.15) is 0 Å². The molecule has 0 unspecified atom stereocenters. The molecule has 0 aliphatic heterocycles. The van der Waals surface area contributed by atoms with Crippen molar-refractivity contribution in [1.29, 1.82) is 0 Å². The van der Waals surface area contributed by atoms with Gasteiger partial charge in [0.2, 0.25) is 5.91 Å². The molecule has 11 heavy (non-hydrogen) atoms. The SMILES string of the molecule is [CH2]C#CCNC(=O)CCCN. The van der Waals surface area contributed by atoms with Crippen molar-refractivity contribution in [2.24, 2.45) is 5.73 Å². The van der Waals surface area contributed by atoms with Crippen LogP contribution in [0.3, 0.4) is 0 Å². The molecule has 3 N–H and O–H groups in total. The standard InChI is InChI=1S/C8H13N2O/c1-2-3-7-10-8(11)5-4-6-9/h1,4-7,9H2,(H,10,11). The van der Waals surface area contributed by atoms with E-state index < -0.39 is 0 Å². The highest BCUT2D eigenvalue weighted by atomic mass is 16.1. The fourth-order valence-electron chi connectivity index (χ4n) is 0.556. The summed E-state index contributed by atoms with van der Waals surface area (Å²) in [5.41, 5.74) is 5.21. The normalized spacial score (nSPS) is 8.18. The van der Waals surface area contributed by atoms with Gasteiger partial charge in [0, 0.05) is 13.3 Å². The Hall–Kier alpha value is -1.01. The van der Waals surface area contributed by atoms with E-state index in [9.17, 15) is 4.79 Å². The number of carbonyl (C=O) groups excluding carboxylic acids is 1. The van der Waals surface area contributed by atoms with Crippen molar-refractivity contribution < 1.29 is 4.79 Å². The lowest BCUT2D eigenvalue weighted by Gasteiger charge is -1.98. The monoisotopic (exact) mass is 153 g/mol. The van der Waals surface area contributed by atoms with Crippen LogP contribution in [0.15, 0.2) is 0 Å². The average Bonchev–Trinajstić information content (AvgIpc) is 2.01. The van der Waals surface area contributed by atoms with Crippen LogP contribution in [0.4, 0.5) is 0 Å². The summed E-state index contributed by atoms with van der Waals surface area (Å²) in [6.45, 7) is 4.24. The number of hydrogen-bond donors (Lipinski definition) is 2. The topological polar surface area (TPSA) is 55.1 Å². The molecule has 0 aromatic rings. The Kier molecular flexibility index (Phi) is 6.45. The molecule has 0 aromatic carbocycles. The number of hydrogen-bond acceptors (Lipinski definition) is 2. The number of nitrogens with two attached hydrogens (primary N) is 1. The molecule has 0 bridgehead atoms. The van der Waals surface area contributed by atoms with Gasteiger partial charge < -0.3 is 11.1 Å². The first-order chi connectivity index (χ1) is 5.31. The molecule has 3 nitrogen and oxygen atoms in total. The third kappa shape index (κ3) is 6.88. The Morgan fingerprint density at radius 2 is 2.36 bits per heavy atom. The third-order valence-corrected chi connectivity index (χ3v) is 1.11. The molecule has 0 spiro atoms. The van der Waals surface area contributed by atoms with Gasteiger partial charge in [-0.05, 0) is 13.0 Å². The first kappa shape index (κ1) is 9.99. The number of rotatable bonds is 4. The van der Waals surface area contributed by atoms with Crippen molar-refractivity contribution >= 4 is 5.91 Å². The van der Waals surface area contributed by atoms with Crippen molar-refractivity contribution in [3.63, 3.8) is 0 Å². The molecule has 3 heteroatoms. The quantitative estimate of drug-likeness (QED) is 0.544. The summed E-state index contributed by atoms with van der Waals surface area (Å²) >= 11 is 0. The van der Waals surface area contributed by atoms with Crippen LogP contribution in [0, 0.1) is 18.8 Å². The highest BCUT2D eigenvalue weighted by Gasteiger charge is 1.96. The molecular formula is C8H13N2O. The van der Waals surface area contributed by atoms with Crippen molar-refractivity contribution in [2.45, 2.75) is 12.8 Å². The van der Waals surface area contributed by atoms with Crippen LogP contribution in [0.25, 0.3) is 0 Å². The number of nitrogens with one attached hydrogen (secondary N) is 1. The van der Waals surface area contributed by atoms with E-state index in [1.807, 2.05) is 0 Å². The van der Waals surface area contributed by atoms with Crippen molar-refractivity contribution in [1.82, 2.24) is 5.32 Å². The third-order valence-electron chi connectivity index (χ3n) is 1.11. The molecule has 0 heterocycles. The first-order valence-corrected chi connectivity index (χ1v) is 3.53. The van der Waals surface area contributed by atoms with Crippen LogP contribution in [-0.4, -0.2) is 19.0 Å². The molecule has 0 fully saturated rings. The van der Waals surface area contributed by atoms with Gasteiger partial charge >= 0.3 is 0 Å². The van der Waals surface area contributed by atoms with E-state index in [-0.39, 0.29) is 5.91 Å². The van der Waals surface area contributed by atoms with E-state index in [1.54, 1.807) is 0 Å². The molecule has 61 valence electrons. The molecule has 1 amide bonds. The Bertz CT molecular complexity index is 167. The van der Waals surface area contributed by atoms with Crippen molar-refractivity contribution in [3.8, 4) is 11.8 Å². The summed E-state index contributed by atoms with van der Waals surface area (Å²) in [4.78, 5) is 10.8. The van der Waals surface area contributed by atoms with E-state index in [1.165, 1.54) is 0 Å². The smallest absolute Gasteiger partial charge is 0.220 e. The Morgan fingerprint density at radius 3 is 2.91 bits per heavy atom. The zero-order valence-corrected chi connectivity index (χ0v) is 6.52. The van der Waals surface area contributed by atoms with Crippen LogP contribution in [-0.2, 0) is 4.79 Å². The lowest BCUT2D eigenvalue weighted by Crippen LogP contribution is -2.23. The molecule has 0 aromatic heterocycles. The summed E-state index contributed by atoms with van der Waals surface area (Å²) in [5, 5.41) is 2.61. The van der Waals surface area contributed by atoms with E-state index in [0.29, 0.717) is 19.5 Å². The summed E-state index contributed by atoms with van der Waals surface area (Å²) in [6, 6.07) is 0. The Morgan fingerprint density at radius 1 is 1.64 bits per heavy atom. The van der Waals surface area contributed by atoms with Crippen molar-refractivity contribution in [3.05, 3.63) is 6.92 Å². The first-order valence-electron chi connectivity index (χ1n) is 3.53. The largest absolute Gasteiger partial charge is 0.345 e. The minimum Gasteiger partial charge on any atom is -0.345 e. The van der Waals surface area contributed by atoms with Gasteiger partial charge in [0.25, 0.3) is 0 Å². The second kappa shape index (κ2) is 7.10. The zero-order valence-electron chi connectivity index (χ0n) is 6.52. The minimum absolute atomic E-state index is 0.00167. The van der Waals surface area contributed by atoms with E-state index >= 15 is 0 Å². The van der Waals surface area contributed by atoms with E-state index in [0.717, 1.165) is 6.42 Å². The van der Waals surface area contributed by atoms with Crippen LogP contribution in [0.2, 0.25) is 0 Å². The number of amides is 1. The van der Waals surface area contributed by atoms with E-state index in [2.05, 4.69) is 24.1 Å². The van der Waals surface area contributed by atoms with Crippen molar-refractivity contribution in [2.75, 3.05) is 13.1 Å². The molecular weight excluding hydrogens is 140 g/mol. The van der Waals surface area contributed by atoms with Gasteiger partial charge in [-0.1, -0.05) is 5.92 Å². The molecule has 0 saturated heterocycles. The molecule has 0 saturated carbocycles. The maximum Gasteiger partial charge on any atom is 0.220 e. The Balaban J connectivity index is 3.27. The van der Waals surface area contributed by atoms with Crippen LogP contribution in [0.1, 0.15) is 12.8 Å². The second-order valence-electron chi connectivity index (χ2n) is 2.02. The molecule has 0 aliphatic rings. The fourth-order valence-corrected chi connectivity index (χ4v) is 0.556. The maximum atomic E-state index is 10.8. The lowest BCUT2D eigenvalue weighted by molar-refractivity contribution is -0.120. The van der Waals surface area contributed by atoms with Gasteiger partial charge in [-0.15, -0.1) is 5.92 Å². The molecule has 1 radical (unpaired) electrons. The highest BCUT2D eigenvalue weighted by molar-refractivity contribution is 5.76. The van der Waals surface area contributed by atoms with Gasteiger partial charge in [0.15, 0.2) is 0 Å². The van der Waals surface area contributed by atoms with Crippen LogP contribution in [0.5, 0.6) is 0 Å². The average molecular weight is 153 g/mol. The molecule has 0 aliphatic carbocycles. The molecule has 0 atom stereocenters. The zero-order chi connectivity index (χ0) is 8.53. The lowest BCUT2D eigenvalue weighted by atomic mass is 10.3. The van der Waals surface area contributed by atoms with E-state index in [4.69, 9.17) is 5.73 Å². The van der Waals surface area contributed by atoms with Gasteiger partial charge in [-0.25, -0.2) is 0 Å². The van der Waals surface area contributed by atoms with Gasteiger partial charge in [0.1, 0.15) is 0 Å². The maximum absolute atomic E-state index is 10.8. The minimum atomic E-state index is -0.00167. The summed E-state index contributed by atoms with van der Waals surface area (Å²) in [5.74, 6) is 5.07. The van der Waals surface area contributed by atoms with Crippen LogP contribution < -0.4 is 11.1 Å². The fraction of sp³-hybridized carbons (Fsp3) is 0.500. The second-order valence-corrected chi connectivity index (χ2v) is 2.02. The number of carbonyl (C=O) groups is 1. The highest BCUT2D eigenvalue weighted by Crippen LogP contribution is 1.83. The predicted molar refractivity (Wildman–Crippen MR) is 44.4 cm³/mol. The van der Waals surface area contributed by atoms with Gasteiger partial charge in [-0.3, -0.25) is 4.79 Å². The predicted octanol–water partition coefficient (Wildman–Crippen LogP) is -0.321. The van der Waals surface area contributed by atoms with Gasteiger partial charge in [0.05, 0.1) is 6.54 Å². The Labute approximate surface area is 67.3 Å². The molecule has 0 rings (SSSR count).